The molecule has 1 aliphatic heterocycles. The topological polar surface area (TPSA) is 167 Å². The molecule has 12 atom stereocenters. The zero-order valence-corrected chi connectivity index (χ0v) is 32.6. The molecule has 294 valence electrons. The van der Waals surface area contributed by atoms with Gasteiger partial charge in [0, 0.05) is 29.7 Å². The molecular weight excluding hydrogens is 701 g/mol. The highest BCUT2D eigenvalue weighted by molar-refractivity contribution is 7.47. The first kappa shape index (κ1) is 40.5. The van der Waals surface area contributed by atoms with Crippen LogP contribution in [0, 0.1) is 40.4 Å². The molecule has 6 aliphatic rings. The van der Waals surface area contributed by atoms with Gasteiger partial charge in [0.15, 0.2) is 23.5 Å². The number of ether oxygens (including phenoxy) is 3. The summed E-state index contributed by atoms with van der Waals surface area (Å²) in [5, 5.41) is 14.7. The number of hydrogen-bond acceptors (Lipinski definition) is 10. The summed E-state index contributed by atoms with van der Waals surface area (Å²) in [4.78, 5) is 50.0. The van der Waals surface area contributed by atoms with E-state index in [2.05, 4.69) is 24.1 Å². The summed E-state index contributed by atoms with van der Waals surface area (Å²) in [5.41, 5.74) is -1.77. The summed E-state index contributed by atoms with van der Waals surface area (Å²) in [5.74, 6) is 5.18. The molecule has 0 radical (unpaired) electrons. The summed E-state index contributed by atoms with van der Waals surface area (Å²) in [6.07, 6.45) is 11.3. The average molecular weight is 760 g/mol. The molecule has 4 fully saturated rings. The Morgan fingerprint density at radius 3 is 2.75 bits per heavy atom. The van der Waals surface area contributed by atoms with E-state index in [-0.39, 0.29) is 61.5 Å². The number of rotatable bonds is 15. The third-order valence-electron chi connectivity index (χ3n) is 13.1. The van der Waals surface area contributed by atoms with Crippen molar-refractivity contribution in [3.8, 4) is 11.8 Å². The van der Waals surface area contributed by atoms with Crippen LogP contribution in [0.3, 0.4) is 0 Å². The number of allylic oxidation sites excluding steroid dienone is 4. The molecule has 13 heteroatoms. The fraction of sp³-hybridized carbons (Fsp3) is 0.775. The van der Waals surface area contributed by atoms with Crippen molar-refractivity contribution in [2.45, 2.75) is 147 Å². The fourth-order valence-corrected chi connectivity index (χ4v) is 11.5. The lowest BCUT2D eigenvalue weighted by Gasteiger charge is -2.59. The predicted molar refractivity (Wildman–Crippen MR) is 195 cm³/mol. The maximum absolute atomic E-state index is 14.5. The highest BCUT2D eigenvalue weighted by atomic mass is 31.2. The van der Waals surface area contributed by atoms with E-state index in [0.29, 0.717) is 19.3 Å². The van der Waals surface area contributed by atoms with Gasteiger partial charge in [-0.3, -0.25) is 23.4 Å². The van der Waals surface area contributed by atoms with Crippen LogP contribution in [0.4, 0.5) is 0 Å². The van der Waals surface area contributed by atoms with E-state index >= 15 is 0 Å². The minimum absolute atomic E-state index is 0.0336. The molecule has 1 heterocycles. The Labute approximate surface area is 313 Å². The van der Waals surface area contributed by atoms with Crippen LogP contribution in [0.5, 0.6) is 0 Å². The molecular formula is C40H58NO11P. The number of aliphatic hydroxyl groups excluding tert-OH is 1. The molecule has 0 aromatic rings. The fourth-order valence-electron chi connectivity index (χ4n) is 10.5. The van der Waals surface area contributed by atoms with Gasteiger partial charge in [-0.15, -0.1) is 5.92 Å². The molecule has 3 saturated carbocycles. The van der Waals surface area contributed by atoms with Gasteiger partial charge in [0.2, 0.25) is 5.91 Å². The Kier molecular flexibility index (Phi) is 12.6. The quantitative estimate of drug-likeness (QED) is 0.143. The Bertz CT molecular complexity index is 1570. The van der Waals surface area contributed by atoms with Gasteiger partial charge in [-0.25, -0.2) is 4.57 Å². The number of phosphoric acid groups is 1. The Balaban J connectivity index is 1.09. The smallest absolute Gasteiger partial charge is 0.393 e. The van der Waals surface area contributed by atoms with Gasteiger partial charge < -0.3 is 29.5 Å². The third kappa shape index (κ3) is 8.06. The molecule has 0 aromatic heterocycles. The molecule has 6 rings (SSSR count). The molecule has 1 amide bonds. The van der Waals surface area contributed by atoms with Gasteiger partial charge >= 0.3 is 7.82 Å². The molecule has 0 bridgehead atoms. The van der Waals surface area contributed by atoms with Crippen molar-refractivity contribution < 1.29 is 52.2 Å². The zero-order valence-electron chi connectivity index (χ0n) is 31.7. The maximum Gasteiger partial charge on any atom is 0.472 e. The summed E-state index contributed by atoms with van der Waals surface area (Å²) in [6.45, 7) is 7.22. The first-order valence-corrected chi connectivity index (χ1v) is 21.3. The van der Waals surface area contributed by atoms with Crippen molar-refractivity contribution >= 4 is 25.3 Å². The Morgan fingerprint density at radius 1 is 1.17 bits per heavy atom. The Morgan fingerprint density at radius 2 is 1.98 bits per heavy atom. The van der Waals surface area contributed by atoms with Gasteiger partial charge in [0.25, 0.3) is 0 Å². The van der Waals surface area contributed by atoms with Crippen molar-refractivity contribution in [2.75, 3.05) is 19.8 Å². The molecule has 0 aromatic carbocycles. The van der Waals surface area contributed by atoms with E-state index in [1.807, 2.05) is 19.9 Å². The van der Waals surface area contributed by atoms with Crippen molar-refractivity contribution in [3.05, 3.63) is 23.8 Å². The number of hydrogen-bond donors (Lipinski definition) is 3. The van der Waals surface area contributed by atoms with Crippen LogP contribution in [-0.4, -0.2) is 83.5 Å². The van der Waals surface area contributed by atoms with Crippen LogP contribution in [0.1, 0.15) is 111 Å². The van der Waals surface area contributed by atoms with E-state index in [9.17, 15) is 28.9 Å². The van der Waals surface area contributed by atoms with Crippen molar-refractivity contribution in [1.82, 2.24) is 5.32 Å². The number of Topliss-reactive ketones (excluding diaryl/α,β-unsaturated/α-hetero) is 1. The lowest BCUT2D eigenvalue weighted by molar-refractivity contribution is -0.200. The second kappa shape index (κ2) is 16.5. The van der Waals surface area contributed by atoms with Crippen molar-refractivity contribution in [1.29, 1.82) is 0 Å². The molecule has 0 spiro atoms. The largest absolute Gasteiger partial charge is 0.472 e. The number of nitrogens with one attached hydrogen (secondary N) is 1. The second-order valence-corrected chi connectivity index (χ2v) is 17.7. The molecule has 12 nitrogen and oxygen atoms in total. The summed E-state index contributed by atoms with van der Waals surface area (Å²) in [6, 6.07) is 0. The summed E-state index contributed by atoms with van der Waals surface area (Å²) >= 11 is 0. The number of carbonyl (C=O) groups excluding carboxylic acids is 3. The van der Waals surface area contributed by atoms with Gasteiger partial charge in [-0.2, -0.15) is 0 Å². The lowest BCUT2D eigenvalue weighted by atomic mass is 9.46. The lowest BCUT2D eigenvalue weighted by Crippen LogP contribution is -2.63. The second-order valence-electron chi connectivity index (χ2n) is 16.3. The standard InChI is InChI=1S/C40H58NO11P/c1-5-12-36-50-34-22-31-30-16-15-26-21-27(42)17-19-38(26,3)37(30)32(43)23-39(31,4)40(34,51-36)33(44)24-49-53(46,47)52-28(6-2)18-20-41-35(45)25-48-29-13-10-8-7-9-11-14-29/h17,19,21,28-32,34,36-37,43H,5-10,12-13,15-16,18,20,22-25H2,1-4H3,(H,41,45)(H,46,47)/t28?,29?,30-,31-,32-,34+,36?,37+,38-,39-,40+/m0/s1. The zero-order chi connectivity index (χ0) is 38.0. The normalized spacial score (nSPS) is 39.1. The van der Waals surface area contributed by atoms with Crippen LogP contribution in [0.2, 0.25) is 0 Å². The van der Waals surface area contributed by atoms with E-state index in [1.54, 1.807) is 19.1 Å². The van der Waals surface area contributed by atoms with Crippen molar-refractivity contribution in [3.63, 3.8) is 0 Å². The minimum atomic E-state index is -4.72. The van der Waals surface area contributed by atoms with Gasteiger partial charge in [0.1, 0.15) is 19.3 Å². The number of phosphoric ester groups is 1. The van der Waals surface area contributed by atoms with E-state index < -0.39 is 61.2 Å². The maximum atomic E-state index is 14.5. The molecule has 4 unspecified atom stereocenters. The number of amides is 1. The molecule has 5 aliphatic carbocycles. The summed E-state index contributed by atoms with van der Waals surface area (Å²) < 4.78 is 43.0. The molecule has 3 N–H and O–H groups in total. The van der Waals surface area contributed by atoms with Crippen LogP contribution in [-0.2, 0) is 42.2 Å². The third-order valence-corrected chi connectivity index (χ3v) is 14.1. The van der Waals surface area contributed by atoms with Crippen molar-refractivity contribution in [2.24, 2.45) is 28.6 Å². The van der Waals surface area contributed by atoms with E-state index in [1.165, 1.54) is 0 Å². The highest BCUT2D eigenvalue weighted by Crippen LogP contribution is 2.70. The van der Waals surface area contributed by atoms with Gasteiger partial charge in [0.05, 0.1) is 18.3 Å². The number of fused-ring (bicyclic) bond motifs is 7. The molecule has 1 saturated heterocycles. The first-order chi connectivity index (χ1) is 25.3. The first-order valence-electron chi connectivity index (χ1n) is 19.8. The van der Waals surface area contributed by atoms with E-state index in [0.717, 1.165) is 56.9 Å². The minimum Gasteiger partial charge on any atom is -0.393 e. The summed E-state index contributed by atoms with van der Waals surface area (Å²) in [7, 11) is -4.72. The number of carbonyl (C=O) groups is 3. The predicted octanol–water partition coefficient (Wildman–Crippen LogP) is 5.50. The number of ketones is 2. The molecule has 53 heavy (non-hydrogen) atoms. The van der Waals surface area contributed by atoms with E-state index in [4.69, 9.17) is 23.3 Å². The van der Waals surface area contributed by atoms with Crippen LogP contribution >= 0.6 is 7.82 Å². The average Bonchev–Trinajstić information content (AvgIpc) is 3.58. The van der Waals surface area contributed by atoms with Gasteiger partial charge in [-0.1, -0.05) is 58.1 Å². The number of aliphatic hydroxyl groups is 1. The highest BCUT2D eigenvalue weighted by Gasteiger charge is 2.75. The van der Waals surface area contributed by atoms with Gasteiger partial charge in [-0.05, 0) is 88.2 Å². The van der Waals surface area contributed by atoms with Crippen LogP contribution < -0.4 is 5.32 Å². The van der Waals surface area contributed by atoms with Crippen LogP contribution in [0.15, 0.2) is 23.8 Å². The Hall–Kier alpha value is -2.20. The van der Waals surface area contributed by atoms with Crippen LogP contribution in [0.25, 0.3) is 0 Å². The SMILES string of the molecule is CCCC1O[C@@H]2C[C@H]3[C@@H]4CCC5=CC(=O)C=C[C@]5(C)[C@H]4[C@@H](O)C[C@]3(C)[C@]2(C(=O)COP(=O)(O)OC(CC)CCNC(=O)COC2C#CCCCCC2)O1. The monoisotopic (exact) mass is 759 g/mol.